The lowest BCUT2D eigenvalue weighted by Gasteiger charge is -2.30. The van der Waals surface area contributed by atoms with E-state index in [1.54, 1.807) is 29.0 Å². The van der Waals surface area contributed by atoms with Crippen molar-refractivity contribution in [2.24, 2.45) is 10.6 Å². The molecule has 0 bridgehead atoms. The minimum absolute atomic E-state index is 0.0520. The predicted molar refractivity (Wildman–Crippen MR) is 123 cm³/mol. The highest BCUT2D eigenvalue weighted by Gasteiger charge is 2.26. The molecule has 0 radical (unpaired) electrons. The van der Waals surface area contributed by atoms with Crippen LogP contribution in [0, 0.1) is 11.2 Å². The van der Waals surface area contributed by atoms with Crippen LogP contribution in [0.4, 0.5) is 10.2 Å². The van der Waals surface area contributed by atoms with Crippen LogP contribution in [0.2, 0.25) is 10.0 Å². The van der Waals surface area contributed by atoms with Gasteiger partial charge in [0.25, 0.3) is 0 Å². The molecule has 1 aromatic carbocycles. The van der Waals surface area contributed by atoms with Crippen molar-refractivity contribution in [3.8, 4) is 11.1 Å². The summed E-state index contributed by atoms with van der Waals surface area (Å²) in [5, 5.41) is 15.9. The molecule has 9 heteroatoms. The Morgan fingerprint density at radius 1 is 1.16 bits per heavy atom. The van der Waals surface area contributed by atoms with Gasteiger partial charge in [-0.05, 0) is 36.6 Å². The van der Waals surface area contributed by atoms with E-state index in [1.165, 1.54) is 18.4 Å². The Kier molecular flexibility index (Phi) is 5.58. The zero-order valence-corrected chi connectivity index (χ0v) is 19.0. The van der Waals surface area contributed by atoms with E-state index >= 15 is 0 Å². The van der Waals surface area contributed by atoms with E-state index in [0.717, 1.165) is 11.1 Å². The third-order valence-corrected chi connectivity index (χ3v) is 5.97. The molecule has 1 aliphatic rings. The molecular weight excluding hydrogens is 440 g/mol. The highest BCUT2D eigenvalue weighted by molar-refractivity contribution is 6.37. The minimum atomic E-state index is -0.417. The van der Waals surface area contributed by atoms with Crippen molar-refractivity contribution in [2.45, 2.75) is 33.7 Å². The number of rotatable bonds is 4. The first-order chi connectivity index (χ1) is 14.7. The number of oxime groups is 1. The Morgan fingerprint density at radius 2 is 1.94 bits per heavy atom. The maximum absolute atomic E-state index is 13.7. The van der Waals surface area contributed by atoms with Crippen molar-refractivity contribution in [3.05, 3.63) is 64.4 Å². The maximum Gasteiger partial charge on any atom is 0.181 e. The number of nitrogens with zero attached hydrogens (tertiary/aromatic N) is 3. The number of halogens is 3. The number of nitrogens with one attached hydrogen (secondary N) is 2. The van der Waals surface area contributed by atoms with Gasteiger partial charge in [0.1, 0.15) is 17.9 Å². The van der Waals surface area contributed by atoms with Gasteiger partial charge in [-0.25, -0.2) is 8.91 Å². The molecule has 0 fully saturated rings. The summed E-state index contributed by atoms with van der Waals surface area (Å²) >= 11 is 13.2. The molecule has 6 nitrogen and oxygen atoms in total. The van der Waals surface area contributed by atoms with E-state index in [2.05, 4.69) is 48.6 Å². The topological polar surface area (TPSA) is 63.0 Å². The number of fused-ring (bicyclic) bond motifs is 1. The summed E-state index contributed by atoms with van der Waals surface area (Å²) in [6.45, 7) is 8.49. The molecule has 0 saturated carbocycles. The van der Waals surface area contributed by atoms with Crippen LogP contribution in [0.1, 0.15) is 33.3 Å². The zero-order chi connectivity index (χ0) is 22.3. The van der Waals surface area contributed by atoms with E-state index in [9.17, 15) is 4.39 Å². The monoisotopic (exact) mass is 461 g/mol. The quantitative estimate of drug-likeness (QED) is 0.496. The molecule has 1 aliphatic heterocycles. The summed E-state index contributed by atoms with van der Waals surface area (Å²) in [4.78, 5) is 5.05. The molecule has 2 aromatic heterocycles. The summed E-state index contributed by atoms with van der Waals surface area (Å²) in [6, 6.07) is 6.09. The van der Waals surface area contributed by atoms with Crippen LogP contribution >= 0.6 is 23.2 Å². The first-order valence-corrected chi connectivity index (χ1v) is 10.5. The Morgan fingerprint density at radius 3 is 2.58 bits per heavy atom. The van der Waals surface area contributed by atoms with E-state index < -0.39 is 5.82 Å². The number of benzene rings is 1. The standard InChI is InChI=1S/C22H22Cl2FN5O/c1-12(22(2,3)4)28-21-19(14-6-5-13(25)9-16(14)23)17(24)10-18-15(11-27-30(18)21)20-26-7-8-31-29-20/h5-12,28H,1-4H3,(H,26,29)/t12-/m1/s1. The molecular formula is C22H22Cl2FN5O. The van der Waals surface area contributed by atoms with Gasteiger partial charge in [0, 0.05) is 23.4 Å². The number of hydrogen-bond acceptors (Lipinski definition) is 5. The van der Waals surface area contributed by atoms with Crippen LogP contribution in [0.3, 0.4) is 0 Å². The smallest absolute Gasteiger partial charge is 0.181 e. The summed E-state index contributed by atoms with van der Waals surface area (Å²) < 4.78 is 15.5. The van der Waals surface area contributed by atoms with E-state index in [1.807, 2.05) is 0 Å². The zero-order valence-electron chi connectivity index (χ0n) is 17.5. The third-order valence-electron chi connectivity index (χ3n) is 5.36. The fourth-order valence-corrected chi connectivity index (χ4v) is 3.71. The number of anilines is 1. The number of amidine groups is 1. The maximum atomic E-state index is 13.7. The first kappa shape index (κ1) is 21.5. The lowest BCUT2D eigenvalue weighted by Crippen LogP contribution is -2.32. The van der Waals surface area contributed by atoms with Gasteiger partial charge in [-0.3, -0.25) is 0 Å². The van der Waals surface area contributed by atoms with Gasteiger partial charge < -0.3 is 15.5 Å². The molecule has 4 rings (SSSR count). The molecule has 3 aromatic rings. The SMILES string of the molecule is C[C@@H](Nc1c(-c2ccc(F)cc2Cl)c(Cl)cc2c(C3=NOC=CN3)cnn12)C(C)(C)C. The lowest BCUT2D eigenvalue weighted by atomic mass is 9.88. The van der Waals surface area contributed by atoms with Crippen LogP contribution < -0.4 is 10.6 Å². The Hall–Kier alpha value is -2.77. The summed E-state index contributed by atoms with van der Waals surface area (Å²) in [5.74, 6) is 0.743. The van der Waals surface area contributed by atoms with Crippen LogP contribution in [0.25, 0.3) is 16.6 Å². The Bertz CT molecular complexity index is 1210. The molecule has 0 aliphatic carbocycles. The molecule has 2 N–H and O–H groups in total. The molecule has 0 unspecified atom stereocenters. The van der Waals surface area contributed by atoms with Gasteiger partial charge >= 0.3 is 0 Å². The molecule has 0 saturated heterocycles. The normalized spacial score (nSPS) is 14.7. The fourth-order valence-electron chi connectivity index (χ4n) is 3.15. The predicted octanol–water partition coefficient (Wildman–Crippen LogP) is 6.05. The van der Waals surface area contributed by atoms with Crippen molar-refractivity contribution in [1.29, 1.82) is 0 Å². The molecule has 0 amide bonds. The van der Waals surface area contributed by atoms with Gasteiger partial charge in [0.15, 0.2) is 5.84 Å². The van der Waals surface area contributed by atoms with Crippen LogP contribution in [-0.2, 0) is 4.84 Å². The van der Waals surface area contributed by atoms with E-state index in [0.29, 0.717) is 27.8 Å². The second kappa shape index (κ2) is 8.05. The van der Waals surface area contributed by atoms with Gasteiger partial charge in [-0.15, -0.1) is 0 Å². The lowest BCUT2D eigenvalue weighted by molar-refractivity contribution is 0.260. The summed E-state index contributed by atoms with van der Waals surface area (Å²) in [5.41, 5.74) is 2.63. The third kappa shape index (κ3) is 4.07. The van der Waals surface area contributed by atoms with Crippen LogP contribution in [0.15, 0.2) is 48.1 Å². The number of aromatic nitrogens is 2. The Labute approximate surface area is 189 Å². The van der Waals surface area contributed by atoms with Crippen molar-refractivity contribution < 1.29 is 9.23 Å². The molecule has 3 heterocycles. The molecule has 1 atom stereocenters. The fraction of sp³-hybridized carbons (Fsp3) is 0.273. The molecule has 0 spiro atoms. The second-order valence-electron chi connectivity index (χ2n) is 8.42. The van der Waals surface area contributed by atoms with Crippen molar-refractivity contribution >= 4 is 40.4 Å². The van der Waals surface area contributed by atoms with Crippen molar-refractivity contribution in [3.63, 3.8) is 0 Å². The highest BCUT2D eigenvalue weighted by Crippen LogP contribution is 2.41. The Balaban J connectivity index is 1.97. The summed E-state index contributed by atoms with van der Waals surface area (Å²) in [7, 11) is 0. The van der Waals surface area contributed by atoms with E-state index in [-0.39, 0.29) is 16.5 Å². The van der Waals surface area contributed by atoms with Crippen molar-refractivity contribution in [2.75, 3.05) is 5.32 Å². The minimum Gasteiger partial charge on any atom is -0.366 e. The highest BCUT2D eigenvalue weighted by atomic mass is 35.5. The van der Waals surface area contributed by atoms with Crippen molar-refractivity contribution in [1.82, 2.24) is 14.9 Å². The number of pyridine rings is 1. The average molecular weight is 462 g/mol. The van der Waals surface area contributed by atoms with Gasteiger partial charge in [-0.2, -0.15) is 5.10 Å². The largest absolute Gasteiger partial charge is 0.366 e. The van der Waals surface area contributed by atoms with Gasteiger partial charge in [0.05, 0.1) is 27.3 Å². The second-order valence-corrected chi connectivity index (χ2v) is 9.23. The summed E-state index contributed by atoms with van der Waals surface area (Å²) in [6.07, 6.45) is 4.76. The number of hydrogen-bond donors (Lipinski definition) is 2. The van der Waals surface area contributed by atoms with Gasteiger partial charge in [-0.1, -0.05) is 49.1 Å². The average Bonchev–Trinajstić information content (AvgIpc) is 3.12. The van der Waals surface area contributed by atoms with E-state index in [4.69, 9.17) is 28.0 Å². The molecule has 31 heavy (non-hydrogen) atoms. The molecule has 162 valence electrons. The van der Waals surface area contributed by atoms with Crippen LogP contribution in [0.5, 0.6) is 0 Å². The van der Waals surface area contributed by atoms with Gasteiger partial charge in [0.2, 0.25) is 0 Å². The first-order valence-electron chi connectivity index (χ1n) is 9.75. The van der Waals surface area contributed by atoms with Crippen LogP contribution in [-0.4, -0.2) is 21.5 Å².